The molecule has 1 fully saturated rings. The van der Waals surface area contributed by atoms with Crippen LogP contribution in [0, 0.1) is 5.82 Å². The molecule has 0 spiro atoms. The van der Waals surface area contributed by atoms with Crippen LogP contribution in [0.15, 0.2) is 36.8 Å². The number of aromatic nitrogens is 2. The van der Waals surface area contributed by atoms with Crippen LogP contribution in [0.2, 0.25) is 5.02 Å². The molecule has 1 aliphatic heterocycles. The van der Waals surface area contributed by atoms with E-state index in [1.54, 1.807) is 23.5 Å². The second-order valence-corrected chi connectivity index (χ2v) is 5.40. The molecule has 0 radical (unpaired) electrons. The molecule has 1 saturated heterocycles. The third-order valence-electron chi connectivity index (χ3n) is 3.60. The zero-order valence-electron chi connectivity index (χ0n) is 11.7. The maximum atomic E-state index is 13.8. The second-order valence-electron chi connectivity index (χ2n) is 4.97. The van der Waals surface area contributed by atoms with E-state index >= 15 is 0 Å². The molecule has 2 aromatic rings. The highest BCUT2D eigenvalue weighted by Gasteiger charge is 2.24. The van der Waals surface area contributed by atoms with Crippen LogP contribution in [0.3, 0.4) is 0 Å². The lowest BCUT2D eigenvalue weighted by atomic mass is 10.1. The summed E-state index contributed by atoms with van der Waals surface area (Å²) in [6.45, 7) is 2.27. The summed E-state index contributed by atoms with van der Waals surface area (Å²) in [4.78, 5) is 24.3. The summed E-state index contributed by atoms with van der Waals surface area (Å²) in [5.41, 5.74) is 0.0143. The normalized spacial score (nSPS) is 15.0. The predicted molar refractivity (Wildman–Crippen MR) is 81.6 cm³/mol. The van der Waals surface area contributed by atoms with Crippen LogP contribution in [0.25, 0.3) is 0 Å². The SMILES string of the molecule is O=C(c1cc(Cl)ccc1F)N1CCN(c2cnccn2)CC1. The molecule has 5 nitrogen and oxygen atoms in total. The van der Waals surface area contributed by atoms with Crippen molar-refractivity contribution in [2.45, 2.75) is 0 Å². The van der Waals surface area contributed by atoms with E-state index in [0.29, 0.717) is 31.2 Å². The topological polar surface area (TPSA) is 49.3 Å². The van der Waals surface area contributed by atoms with E-state index in [1.807, 2.05) is 4.90 Å². The Balaban J connectivity index is 1.68. The quantitative estimate of drug-likeness (QED) is 0.851. The van der Waals surface area contributed by atoms with Gasteiger partial charge in [-0.3, -0.25) is 9.78 Å². The summed E-state index contributed by atoms with van der Waals surface area (Å²) >= 11 is 5.84. The first-order valence-electron chi connectivity index (χ1n) is 6.90. The van der Waals surface area contributed by atoms with Gasteiger partial charge in [-0.25, -0.2) is 9.37 Å². The Morgan fingerprint density at radius 2 is 1.95 bits per heavy atom. The van der Waals surface area contributed by atoms with Gasteiger partial charge in [0.1, 0.15) is 11.6 Å². The minimum Gasteiger partial charge on any atom is -0.352 e. The number of nitrogens with zero attached hydrogens (tertiary/aromatic N) is 4. The predicted octanol–water partition coefficient (Wildman–Crippen LogP) is 2.23. The summed E-state index contributed by atoms with van der Waals surface area (Å²) in [5.74, 6) is -0.104. The Bertz CT molecular complexity index is 674. The van der Waals surface area contributed by atoms with Gasteiger partial charge in [-0.05, 0) is 18.2 Å². The Morgan fingerprint density at radius 1 is 1.18 bits per heavy atom. The monoisotopic (exact) mass is 320 g/mol. The zero-order valence-corrected chi connectivity index (χ0v) is 12.5. The van der Waals surface area contributed by atoms with Gasteiger partial charge in [-0.2, -0.15) is 0 Å². The number of hydrogen-bond donors (Lipinski definition) is 0. The van der Waals surface area contributed by atoms with Crippen molar-refractivity contribution in [1.82, 2.24) is 14.9 Å². The van der Waals surface area contributed by atoms with Gasteiger partial charge < -0.3 is 9.80 Å². The van der Waals surface area contributed by atoms with Gasteiger partial charge >= 0.3 is 0 Å². The van der Waals surface area contributed by atoms with E-state index in [9.17, 15) is 9.18 Å². The van der Waals surface area contributed by atoms with Crippen molar-refractivity contribution in [3.05, 3.63) is 53.2 Å². The summed E-state index contributed by atoms with van der Waals surface area (Å²) in [6.07, 6.45) is 4.94. The highest BCUT2D eigenvalue weighted by molar-refractivity contribution is 6.31. The number of hydrogen-bond acceptors (Lipinski definition) is 4. The molecule has 1 aromatic heterocycles. The van der Waals surface area contributed by atoms with Crippen molar-refractivity contribution in [3.8, 4) is 0 Å². The number of benzene rings is 1. The van der Waals surface area contributed by atoms with Crippen LogP contribution in [0.4, 0.5) is 10.2 Å². The molecule has 0 unspecified atom stereocenters. The fourth-order valence-electron chi connectivity index (χ4n) is 2.42. The molecule has 3 rings (SSSR count). The van der Waals surface area contributed by atoms with Gasteiger partial charge in [0.05, 0.1) is 11.8 Å². The van der Waals surface area contributed by atoms with Crippen LogP contribution in [0.1, 0.15) is 10.4 Å². The lowest BCUT2D eigenvalue weighted by molar-refractivity contribution is 0.0742. The second kappa shape index (κ2) is 6.27. The first kappa shape index (κ1) is 14.7. The van der Waals surface area contributed by atoms with Crippen LogP contribution in [0.5, 0.6) is 0 Å². The highest BCUT2D eigenvalue weighted by atomic mass is 35.5. The zero-order chi connectivity index (χ0) is 15.5. The summed E-state index contributed by atoms with van der Waals surface area (Å²) in [7, 11) is 0. The highest BCUT2D eigenvalue weighted by Crippen LogP contribution is 2.18. The Hall–Kier alpha value is -2.21. The van der Waals surface area contributed by atoms with Crippen molar-refractivity contribution >= 4 is 23.3 Å². The largest absolute Gasteiger partial charge is 0.352 e. The first-order valence-corrected chi connectivity index (χ1v) is 7.28. The Morgan fingerprint density at radius 3 is 2.64 bits per heavy atom. The smallest absolute Gasteiger partial charge is 0.257 e. The van der Waals surface area contributed by atoms with Crippen LogP contribution < -0.4 is 4.90 Å². The number of piperazine rings is 1. The Labute approximate surface area is 132 Å². The number of amides is 1. The fourth-order valence-corrected chi connectivity index (χ4v) is 2.60. The van der Waals surface area contributed by atoms with E-state index in [-0.39, 0.29) is 11.5 Å². The van der Waals surface area contributed by atoms with Gasteiger partial charge in [0.25, 0.3) is 5.91 Å². The van der Waals surface area contributed by atoms with E-state index in [4.69, 9.17) is 11.6 Å². The van der Waals surface area contributed by atoms with Crippen LogP contribution in [-0.2, 0) is 0 Å². The standard InChI is InChI=1S/C15H14ClFN4O/c16-11-1-2-13(17)12(9-11)15(22)21-7-5-20(6-8-21)14-10-18-3-4-19-14/h1-4,9-10H,5-8H2. The number of anilines is 1. The molecule has 0 aliphatic carbocycles. The van der Waals surface area contributed by atoms with Crippen molar-refractivity contribution < 1.29 is 9.18 Å². The fraction of sp³-hybridized carbons (Fsp3) is 0.267. The van der Waals surface area contributed by atoms with Gasteiger partial charge in [-0.15, -0.1) is 0 Å². The maximum Gasteiger partial charge on any atom is 0.257 e. The lowest BCUT2D eigenvalue weighted by Crippen LogP contribution is -2.49. The van der Waals surface area contributed by atoms with E-state index < -0.39 is 5.82 Å². The Kier molecular flexibility index (Phi) is 4.20. The van der Waals surface area contributed by atoms with Crippen molar-refractivity contribution in [1.29, 1.82) is 0 Å². The molecule has 0 N–H and O–H groups in total. The molecule has 0 bridgehead atoms. The average Bonchev–Trinajstić information content (AvgIpc) is 2.57. The number of carbonyl (C=O) groups excluding carboxylic acids is 1. The third-order valence-corrected chi connectivity index (χ3v) is 3.83. The van der Waals surface area contributed by atoms with E-state index in [0.717, 1.165) is 5.82 Å². The minimum atomic E-state index is -0.550. The minimum absolute atomic E-state index is 0.0143. The average molecular weight is 321 g/mol. The molecule has 1 aliphatic rings. The van der Waals surface area contributed by atoms with E-state index in [1.165, 1.54) is 18.2 Å². The van der Waals surface area contributed by atoms with Gasteiger partial charge in [0.15, 0.2) is 0 Å². The molecule has 0 saturated carbocycles. The number of rotatable bonds is 2. The van der Waals surface area contributed by atoms with Crippen molar-refractivity contribution in [2.75, 3.05) is 31.1 Å². The molecule has 0 atom stereocenters. The first-order chi connectivity index (χ1) is 10.6. The van der Waals surface area contributed by atoms with Crippen molar-refractivity contribution in [3.63, 3.8) is 0 Å². The number of halogens is 2. The third kappa shape index (κ3) is 3.01. The molecule has 1 aromatic carbocycles. The molecule has 22 heavy (non-hydrogen) atoms. The molecule has 1 amide bonds. The van der Waals surface area contributed by atoms with Gasteiger partial charge in [0, 0.05) is 43.6 Å². The van der Waals surface area contributed by atoms with Gasteiger partial charge in [0.2, 0.25) is 0 Å². The van der Waals surface area contributed by atoms with Crippen LogP contribution >= 0.6 is 11.6 Å². The van der Waals surface area contributed by atoms with Crippen molar-refractivity contribution in [2.24, 2.45) is 0 Å². The van der Waals surface area contributed by atoms with E-state index in [2.05, 4.69) is 9.97 Å². The molecular formula is C15H14ClFN4O. The summed E-state index contributed by atoms with van der Waals surface area (Å²) in [6, 6.07) is 4.01. The molecular weight excluding hydrogens is 307 g/mol. The summed E-state index contributed by atoms with van der Waals surface area (Å²) in [5, 5.41) is 0.350. The molecule has 114 valence electrons. The maximum absolute atomic E-state index is 13.8. The summed E-state index contributed by atoms with van der Waals surface area (Å²) < 4.78 is 13.8. The van der Waals surface area contributed by atoms with Crippen LogP contribution in [-0.4, -0.2) is 47.0 Å². The van der Waals surface area contributed by atoms with Gasteiger partial charge in [-0.1, -0.05) is 11.6 Å². The number of carbonyl (C=O) groups is 1. The molecule has 2 heterocycles. The molecule has 7 heteroatoms. The lowest BCUT2D eigenvalue weighted by Gasteiger charge is -2.35.